The van der Waals surface area contributed by atoms with Crippen LogP contribution in [0.15, 0.2) is 58.3 Å². The molecule has 0 spiro atoms. The summed E-state index contributed by atoms with van der Waals surface area (Å²) in [6.07, 6.45) is 0.889. The predicted molar refractivity (Wildman–Crippen MR) is 108 cm³/mol. The number of para-hydroxylation sites is 1. The van der Waals surface area contributed by atoms with Crippen molar-refractivity contribution < 1.29 is 4.79 Å². The lowest BCUT2D eigenvalue weighted by Crippen LogP contribution is -2.15. The standard InChI is InChI=1S/C19H17ClN2OS2/c1-2-13-5-3-4-6-16(13)21-18(23)12-25-19-22-17(11-24-19)14-7-9-15(20)10-8-14/h3-11H,2,12H2,1H3,(H,21,23). The summed E-state index contributed by atoms with van der Waals surface area (Å²) < 4.78 is 0.879. The van der Waals surface area contributed by atoms with Crippen LogP contribution >= 0.6 is 34.7 Å². The summed E-state index contributed by atoms with van der Waals surface area (Å²) in [5.41, 5.74) is 3.95. The van der Waals surface area contributed by atoms with Gasteiger partial charge in [0.1, 0.15) is 0 Å². The number of amides is 1. The number of rotatable bonds is 6. The third-order valence-electron chi connectivity index (χ3n) is 3.62. The summed E-state index contributed by atoms with van der Waals surface area (Å²) in [6, 6.07) is 15.5. The Balaban J connectivity index is 1.58. The Morgan fingerprint density at radius 1 is 1.20 bits per heavy atom. The molecule has 0 atom stereocenters. The van der Waals surface area contributed by atoms with Gasteiger partial charge in [-0.2, -0.15) is 0 Å². The van der Waals surface area contributed by atoms with Gasteiger partial charge in [0.15, 0.2) is 4.34 Å². The fraction of sp³-hybridized carbons (Fsp3) is 0.158. The smallest absolute Gasteiger partial charge is 0.234 e. The molecule has 0 fully saturated rings. The van der Waals surface area contributed by atoms with Gasteiger partial charge in [0.25, 0.3) is 0 Å². The first kappa shape index (κ1) is 18.0. The molecule has 0 unspecified atom stereocenters. The molecule has 3 nitrogen and oxygen atoms in total. The monoisotopic (exact) mass is 388 g/mol. The second-order valence-electron chi connectivity index (χ2n) is 5.35. The maximum Gasteiger partial charge on any atom is 0.234 e. The molecular formula is C19H17ClN2OS2. The fourth-order valence-corrected chi connectivity index (χ4v) is 4.10. The van der Waals surface area contributed by atoms with E-state index in [-0.39, 0.29) is 5.91 Å². The van der Waals surface area contributed by atoms with Gasteiger partial charge >= 0.3 is 0 Å². The third-order valence-corrected chi connectivity index (χ3v) is 5.90. The molecule has 2 aromatic carbocycles. The summed E-state index contributed by atoms with van der Waals surface area (Å²) in [5, 5.41) is 5.68. The zero-order valence-electron chi connectivity index (χ0n) is 13.7. The number of benzene rings is 2. The van der Waals surface area contributed by atoms with E-state index in [0.29, 0.717) is 10.8 Å². The van der Waals surface area contributed by atoms with E-state index in [2.05, 4.69) is 17.2 Å². The molecule has 0 radical (unpaired) electrons. The molecule has 3 aromatic rings. The second kappa shape index (κ2) is 8.52. The number of nitrogens with zero attached hydrogens (tertiary/aromatic N) is 1. The van der Waals surface area contributed by atoms with E-state index in [4.69, 9.17) is 11.6 Å². The molecule has 0 saturated heterocycles. The maximum absolute atomic E-state index is 12.2. The van der Waals surface area contributed by atoms with Crippen molar-refractivity contribution in [2.45, 2.75) is 17.7 Å². The van der Waals surface area contributed by atoms with Crippen LogP contribution in [0.1, 0.15) is 12.5 Å². The average molecular weight is 389 g/mol. The molecule has 0 aliphatic rings. The van der Waals surface area contributed by atoms with Gasteiger partial charge in [0, 0.05) is 21.7 Å². The highest BCUT2D eigenvalue weighted by molar-refractivity contribution is 8.01. The van der Waals surface area contributed by atoms with Crippen LogP contribution in [-0.2, 0) is 11.2 Å². The SMILES string of the molecule is CCc1ccccc1NC(=O)CSc1nc(-c2ccc(Cl)cc2)cs1. The van der Waals surface area contributed by atoms with Crippen molar-refractivity contribution in [3.8, 4) is 11.3 Å². The van der Waals surface area contributed by atoms with Crippen molar-refractivity contribution in [3.05, 3.63) is 64.5 Å². The van der Waals surface area contributed by atoms with Crippen LogP contribution in [0.5, 0.6) is 0 Å². The largest absolute Gasteiger partial charge is 0.325 e. The van der Waals surface area contributed by atoms with E-state index in [1.165, 1.54) is 11.8 Å². The van der Waals surface area contributed by atoms with Crippen LogP contribution in [0.2, 0.25) is 5.02 Å². The van der Waals surface area contributed by atoms with E-state index in [1.54, 1.807) is 11.3 Å². The van der Waals surface area contributed by atoms with E-state index >= 15 is 0 Å². The molecule has 1 heterocycles. The van der Waals surface area contributed by atoms with Gasteiger partial charge in [0.2, 0.25) is 5.91 Å². The number of carbonyl (C=O) groups is 1. The Morgan fingerprint density at radius 3 is 2.72 bits per heavy atom. The number of aromatic nitrogens is 1. The zero-order valence-corrected chi connectivity index (χ0v) is 16.0. The molecule has 1 N–H and O–H groups in total. The van der Waals surface area contributed by atoms with Gasteiger partial charge in [-0.05, 0) is 30.2 Å². The van der Waals surface area contributed by atoms with Gasteiger partial charge in [-0.15, -0.1) is 11.3 Å². The Labute approximate surface area is 160 Å². The Morgan fingerprint density at radius 2 is 1.96 bits per heavy atom. The minimum absolute atomic E-state index is 0.0193. The molecule has 1 aromatic heterocycles. The van der Waals surface area contributed by atoms with Gasteiger partial charge in [0.05, 0.1) is 11.4 Å². The van der Waals surface area contributed by atoms with Crippen molar-refractivity contribution in [2.24, 2.45) is 0 Å². The molecule has 6 heteroatoms. The Kier molecular flexibility index (Phi) is 6.13. The number of thiazole rings is 1. The van der Waals surface area contributed by atoms with Gasteiger partial charge in [-0.3, -0.25) is 4.79 Å². The van der Waals surface area contributed by atoms with Crippen LogP contribution in [0.4, 0.5) is 5.69 Å². The second-order valence-corrected chi connectivity index (χ2v) is 7.87. The number of thioether (sulfide) groups is 1. The van der Waals surface area contributed by atoms with Crippen LogP contribution in [0.3, 0.4) is 0 Å². The van der Waals surface area contributed by atoms with Crippen molar-refractivity contribution >= 4 is 46.3 Å². The molecule has 25 heavy (non-hydrogen) atoms. The summed E-state index contributed by atoms with van der Waals surface area (Å²) >= 11 is 8.90. The summed E-state index contributed by atoms with van der Waals surface area (Å²) in [4.78, 5) is 16.8. The maximum atomic E-state index is 12.2. The number of nitrogens with one attached hydrogen (secondary N) is 1. The van der Waals surface area contributed by atoms with Gasteiger partial charge in [-0.1, -0.05) is 60.6 Å². The number of hydrogen-bond acceptors (Lipinski definition) is 4. The van der Waals surface area contributed by atoms with Crippen LogP contribution < -0.4 is 5.32 Å². The lowest BCUT2D eigenvalue weighted by atomic mass is 10.1. The van der Waals surface area contributed by atoms with Gasteiger partial charge < -0.3 is 5.32 Å². The van der Waals surface area contributed by atoms with E-state index < -0.39 is 0 Å². The molecular weight excluding hydrogens is 372 g/mol. The molecule has 3 rings (SSSR count). The molecule has 0 bridgehead atoms. The average Bonchev–Trinajstić information content (AvgIpc) is 3.10. The van der Waals surface area contributed by atoms with E-state index in [0.717, 1.165) is 33.3 Å². The highest BCUT2D eigenvalue weighted by Gasteiger charge is 2.09. The number of halogens is 1. The summed E-state index contributed by atoms with van der Waals surface area (Å²) in [6.45, 7) is 2.08. The Bertz CT molecular complexity index is 862. The quantitative estimate of drug-likeness (QED) is 0.546. The zero-order chi connectivity index (χ0) is 17.6. The lowest BCUT2D eigenvalue weighted by molar-refractivity contribution is -0.113. The van der Waals surface area contributed by atoms with Crippen molar-refractivity contribution in [3.63, 3.8) is 0 Å². The van der Waals surface area contributed by atoms with Gasteiger partial charge in [-0.25, -0.2) is 4.98 Å². The fourth-order valence-electron chi connectivity index (χ4n) is 2.34. The molecule has 0 aliphatic carbocycles. The minimum Gasteiger partial charge on any atom is -0.325 e. The number of hydrogen-bond donors (Lipinski definition) is 1. The predicted octanol–water partition coefficient (Wildman–Crippen LogP) is 5.76. The first-order chi connectivity index (χ1) is 12.2. The number of anilines is 1. The highest BCUT2D eigenvalue weighted by Crippen LogP contribution is 2.29. The van der Waals surface area contributed by atoms with Crippen molar-refractivity contribution in [1.82, 2.24) is 4.98 Å². The summed E-state index contributed by atoms with van der Waals surface area (Å²) in [7, 11) is 0. The van der Waals surface area contributed by atoms with E-state index in [9.17, 15) is 4.79 Å². The topological polar surface area (TPSA) is 42.0 Å². The number of carbonyl (C=O) groups excluding carboxylic acids is 1. The normalized spacial score (nSPS) is 10.6. The van der Waals surface area contributed by atoms with Crippen LogP contribution in [-0.4, -0.2) is 16.6 Å². The Hall–Kier alpha value is -1.82. The minimum atomic E-state index is -0.0193. The third kappa shape index (κ3) is 4.84. The lowest BCUT2D eigenvalue weighted by Gasteiger charge is -2.08. The van der Waals surface area contributed by atoms with E-state index in [1.807, 2.05) is 53.9 Å². The van der Waals surface area contributed by atoms with Crippen LogP contribution in [0.25, 0.3) is 11.3 Å². The first-order valence-corrected chi connectivity index (χ1v) is 10.1. The molecule has 0 saturated carbocycles. The molecule has 0 aliphatic heterocycles. The highest BCUT2D eigenvalue weighted by atomic mass is 35.5. The first-order valence-electron chi connectivity index (χ1n) is 7.87. The molecule has 1 amide bonds. The number of aryl methyl sites for hydroxylation is 1. The van der Waals surface area contributed by atoms with Crippen molar-refractivity contribution in [2.75, 3.05) is 11.1 Å². The molecule has 128 valence electrons. The van der Waals surface area contributed by atoms with Crippen molar-refractivity contribution in [1.29, 1.82) is 0 Å². The summed E-state index contributed by atoms with van der Waals surface area (Å²) in [5.74, 6) is 0.320. The van der Waals surface area contributed by atoms with Crippen LogP contribution in [0, 0.1) is 0 Å².